The van der Waals surface area contributed by atoms with Gasteiger partial charge in [0.1, 0.15) is 5.69 Å². The second-order valence-electron chi connectivity index (χ2n) is 5.42. The van der Waals surface area contributed by atoms with E-state index < -0.39 is 0 Å². The molecule has 0 bridgehead atoms. The standard InChI is InChI=1S/C14H18N4O2S/c1-17(8-10-4-2-3-7-15-10)11-5-6-12-13(16-9-21-12)14(11)18(19)20/h5-6,9-10,15H,2-4,7-8H2,1H3. The molecule has 1 N–H and O–H groups in total. The second-order valence-corrected chi connectivity index (χ2v) is 6.30. The van der Waals surface area contributed by atoms with Gasteiger partial charge < -0.3 is 10.2 Å². The van der Waals surface area contributed by atoms with Gasteiger partial charge in [-0.1, -0.05) is 6.42 Å². The Kier molecular flexibility index (Phi) is 4.03. The van der Waals surface area contributed by atoms with Crippen LogP contribution in [-0.4, -0.2) is 36.1 Å². The summed E-state index contributed by atoms with van der Waals surface area (Å²) in [6, 6.07) is 4.15. The van der Waals surface area contributed by atoms with E-state index in [4.69, 9.17) is 0 Å². The first-order valence-electron chi connectivity index (χ1n) is 7.12. The predicted octanol–water partition coefficient (Wildman–Crippen LogP) is 2.78. The van der Waals surface area contributed by atoms with Crippen molar-refractivity contribution in [1.82, 2.24) is 10.3 Å². The fraction of sp³-hybridized carbons (Fsp3) is 0.500. The third kappa shape index (κ3) is 2.84. The van der Waals surface area contributed by atoms with Gasteiger partial charge in [0.15, 0.2) is 5.52 Å². The summed E-state index contributed by atoms with van der Waals surface area (Å²) in [6.45, 7) is 1.81. The average molecular weight is 306 g/mol. The van der Waals surface area contributed by atoms with Gasteiger partial charge >= 0.3 is 5.69 Å². The lowest BCUT2D eigenvalue weighted by Crippen LogP contribution is -2.42. The van der Waals surface area contributed by atoms with Crippen LogP contribution in [0.2, 0.25) is 0 Å². The Labute approximate surface area is 126 Å². The van der Waals surface area contributed by atoms with E-state index in [1.54, 1.807) is 5.51 Å². The number of anilines is 1. The summed E-state index contributed by atoms with van der Waals surface area (Å²) in [5.74, 6) is 0. The Balaban J connectivity index is 1.91. The van der Waals surface area contributed by atoms with Crippen LogP contribution in [0, 0.1) is 10.1 Å². The van der Waals surface area contributed by atoms with Gasteiger partial charge in [-0.05, 0) is 31.5 Å². The number of hydrogen-bond acceptors (Lipinski definition) is 6. The fourth-order valence-corrected chi connectivity index (χ4v) is 3.58. The molecular weight excluding hydrogens is 288 g/mol. The van der Waals surface area contributed by atoms with Crippen molar-refractivity contribution >= 4 is 32.9 Å². The van der Waals surface area contributed by atoms with Gasteiger partial charge in [-0.25, -0.2) is 4.98 Å². The van der Waals surface area contributed by atoms with E-state index in [1.165, 1.54) is 24.2 Å². The van der Waals surface area contributed by atoms with Crippen LogP contribution in [0.3, 0.4) is 0 Å². The number of likely N-dealkylation sites (N-methyl/N-ethyl adjacent to an activating group) is 1. The molecule has 1 aromatic carbocycles. The van der Waals surface area contributed by atoms with Crippen LogP contribution in [-0.2, 0) is 0 Å². The SMILES string of the molecule is CN(CC1CCCCN1)c1ccc2scnc2c1[N+](=O)[O-]. The molecule has 1 fully saturated rings. The molecule has 0 saturated carbocycles. The molecular formula is C14H18N4O2S. The average Bonchev–Trinajstić information content (AvgIpc) is 2.95. The largest absolute Gasteiger partial charge is 0.367 e. The number of nitro groups is 1. The molecule has 1 aromatic heterocycles. The zero-order chi connectivity index (χ0) is 14.8. The van der Waals surface area contributed by atoms with Gasteiger partial charge in [-0.3, -0.25) is 10.1 Å². The smallest absolute Gasteiger partial charge is 0.319 e. The van der Waals surface area contributed by atoms with Gasteiger partial charge in [-0.15, -0.1) is 11.3 Å². The number of nitrogens with one attached hydrogen (secondary N) is 1. The van der Waals surface area contributed by atoms with Crippen LogP contribution < -0.4 is 10.2 Å². The molecule has 21 heavy (non-hydrogen) atoms. The molecule has 6 nitrogen and oxygen atoms in total. The highest BCUT2D eigenvalue weighted by atomic mass is 32.1. The van der Waals surface area contributed by atoms with Gasteiger partial charge in [-0.2, -0.15) is 0 Å². The van der Waals surface area contributed by atoms with Crippen LogP contribution in [0.5, 0.6) is 0 Å². The Morgan fingerprint density at radius 3 is 3.10 bits per heavy atom. The topological polar surface area (TPSA) is 71.3 Å². The number of fused-ring (bicyclic) bond motifs is 1. The number of rotatable bonds is 4. The third-order valence-electron chi connectivity index (χ3n) is 3.95. The van der Waals surface area contributed by atoms with Gasteiger partial charge in [0, 0.05) is 19.6 Å². The third-order valence-corrected chi connectivity index (χ3v) is 4.75. The van der Waals surface area contributed by atoms with Crippen molar-refractivity contribution in [3.05, 3.63) is 27.8 Å². The first kappa shape index (κ1) is 14.2. The Morgan fingerprint density at radius 2 is 2.38 bits per heavy atom. The maximum absolute atomic E-state index is 11.5. The van der Waals surface area contributed by atoms with Crippen molar-refractivity contribution in [3.63, 3.8) is 0 Å². The van der Waals surface area contributed by atoms with E-state index >= 15 is 0 Å². The van der Waals surface area contributed by atoms with Gasteiger partial charge in [0.25, 0.3) is 0 Å². The van der Waals surface area contributed by atoms with E-state index in [-0.39, 0.29) is 10.6 Å². The minimum atomic E-state index is -0.317. The first-order chi connectivity index (χ1) is 10.2. The summed E-state index contributed by atoms with van der Waals surface area (Å²) in [5.41, 5.74) is 2.91. The molecule has 1 unspecified atom stereocenters. The molecule has 2 aromatic rings. The molecule has 3 rings (SSSR count). The molecule has 0 radical (unpaired) electrons. The monoisotopic (exact) mass is 306 g/mol. The quantitative estimate of drug-likeness (QED) is 0.694. The molecule has 1 atom stereocenters. The number of nitro benzene ring substituents is 1. The van der Waals surface area contributed by atoms with Crippen molar-refractivity contribution in [2.24, 2.45) is 0 Å². The maximum atomic E-state index is 11.5. The number of hydrogen-bond donors (Lipinski definition) is 1. The summed E-state index contributed by atoms with van der Waals surface area (Å²) < 4.78 is 0.856. The van der Waals surface area contributed by atoms with Crippen molar-refractivity contribution in [3.8, 4) is 0 Å². The zero-order valence-electron chi connectivity index (χ0n) is 11.9. The van der Waals surface area contributed by atoms with E-state index in [2.05, 4.69) is 10.3 Å². The highest BCUT2D eigenvalue weighted by Gasteiger charge is 2.24. The number of piperidine rings is 1. The predicted molar refractivity (Wildman–Crippen MR) is 85.2 cm³/mol. The van der Waals surface area contributed by atoms with Crippen LogP contribution >= 0.6 is 11.3 Å². The molecule has 0 amide bonds. The zero-order valence-corrected chi connectivity index (χ0v) is 12.7. The molecule has 0 spiro atoms. The van der Waals surface area contributed by atoms with E-state index in [0.717, 1.165) is 24.2 Å². The number of benzene rings is 1. The first-order valence-corrected chi connectivity index (χ1v) is 8.00. The highest BCUT2D eigenvalue weighted by Crippen LogP contribution is 2.36. The van der Waals surface area contributed by atoms with Crippen LogP contribution in [0.4, 0.5) is 11.4 Å². The number of aromatic nitrogens is 1. The van der Waals surface area contributed by atoms with E-state index in [0.29, 0.717) is 17.2 Å². The Morgan fingerprint density at radius 1 is 1.52 bits per heavy atom. The normalized spacial score (nSPS) is 18.8. The molecule has 1 aliphatic rings. The summed E-state index contributed by atoms with van der Waals surface area (Å²) in [7, 11) is 1.91. The van der Waals surface area contributed by atoms with Crippen molar-refractivity contribution < 1.29 is 4.92 Å². The molecule has 1 aliphatic heterocycles. The lowest BCUT2D eigenvalue weighted by molar-refractivity contribution is -0.382. The molecule has 112 valence electrons. The lowest BCUT2D eigenvalue weighted by atomic mass is 10.0. The fourth-order valence-electron chi connectivity index (χ4n) is 2.90. The number of nitrogens with zero attached hydrogens (tertiary/aromatic N) is 3. The maximum Gasteiger partial charge on any atom is 0.319 e. The molecule has 2 heterocycles. The minimum absolute atomic E-state index is 0.118. The Hall–Kier alpha value is -1.73. The molecule has 1 saturated heterocycles. The minimum Gasteiger partial charge on any atom is -0.367 e. The van der Waals surface area contributed by atoms with Crippen LogP contribution in [0.25, 0.3) is 10.2 Å². The van der Waals surface area contributed by atoms with E-state index in [9.17, 15) is 10.1 Å². The Bertz CT molecular complexity index is 651. The summed E-state index contributed by atoms with van der Waals surface area (Å²) in [6.07, 6.45) is 3.56. The number of thiazole rings is 1. The van der Waals surface area contributed by atoms with Crippen LogP contribution in [0.15, 0.2) is 17.6 Å². The molecule has 0 aliphatic carbocycles. The van der Waals surface area contributed by atoms with Crippen molar-refractivity contribution in [2.75, 3.05) is 25.0 Å². The summed E-state index contributed by atoms with van der Waals surface area (Å²) in [4.78, 5) is 17.3. The van der Waals surface area contributed by atoms with Crippen molar-refractivity contribution in [1.29, 1.82) is 0 Å². The van der Waals surface area contributed by atoms with Gasteiger partial charge in [0.2, 0.25) is 0 Å². The summed E-state index contributed by atoms with van der Waals surface area (Å²) in [5, 5.41) is 14.9. The highest BCUT2D eigenvalue weighted by molar-refractivity contribution is 7.16. The van der Waals surface area contributed by atoms with Crippen molar-refractivity contribution in [2.45, 2.75) is 25.3 Å². The second kappa shape index (κ2) is 5.95. The lowest BCUT2D eigenvalue weighted by Gasteiger charge is -2.29. The van der Waals surface area contributed by atoms with Crippen LogP contribution in [0.1, 0.15) is 19.3 Å². The summed E-state index contributed by atoms with van der Waals surface area (Å²) >= 11 is 1.43. The van der Waals surface area contributed by atoms with Gasteiger partial charge in [0.05, 0.1) is 15.1 Å². The molecule has 7 heteroatoms. The van der Waals surface area contributed by atoms with E-state index in [1.807, 2.05) is 24.1 Å².